The quantitative estimate of drug-likeness (QED) is 0.232. The number of hydrogen-bond donors (Lipinski definition) is 3. The zero-order valence-corrected chi connectivity index (χ0v) is 19.8. The molecule has 0 aromatic heterocycles. The predicted molar refractivity (Wildman–Crippen MR) is 125 cm³/mol. The number of rotatable bonds is 7. The summed E-state index contributed by atoms with van der Waals surface area (Å²) in [5, 5.41) is 9.55. The highest BCUT2D eigenvalue weighted by Crippen LogP contribution is 2.33. The number of nitrogens with zero attached hydrogens (tertiary/aromatic N) is 1. The molecule has 1 aliphatic rings. The highest BCUT2D eigenvalue weighted by molar-refractivity contribution is 14.0. The topological polar surface area (TPSA) is 74.8 Å². The Morgan fingerprint density at radius 1 is 1.18 bits per heavy atom. The van der Waals surface area contributed by atoms with Gasteiger partial charge in [0.2, 0.25) is 5.91 Å². The normalized spacial score (nSPS) is 19.7. The van der Waals surface area contributed by atoms with Crippen molar-refractivity contribution in [1.82, 2.24) is 16.0 Å². The van der Waals surface area contributed by atoms with Crippen molar-refractivity contribution in [3.05, 3.63) is 35.4 Å². The molecule has 0 radical (unpaired) electrons. The lowest BCUT2D eigenvalue weighted by atomic mass is 9.89. The van der Waals surface area contributed by atoms with E-state index in [1.807, 2.05) is 13.8 Å². The molecular formula is C21H35IN4O2. The van der Waals surface area contributed by atoms with Crippen LogP contribution in [0.3, 0.4) is 0 Å². The van der Waals surface area contributed by atoms with Crippen LogP contribution in [0, 0.1) is 18.8 Å². The minimum absolute atomic E-state index is 0. The smallest absolute Gasteiger partial charge is 0.222 e. The second-order valence-corrected chi connectivity index (χ2v) is 7.43. The van der Waals surface area contributed by atoms with Crippen LogP contribution < -0.4 is 16.0 Å². The molecule has 0 aliphatic carbocycles. The summed E-state index contributed by atoms with van der Waals surface area (Å²) in [7, 11) is 1.76. The number of guanidine groups is 1. The highest BCUT2D eigenvalue weighted by Gasteiger charge is 2.27. The van der Waals surface area contributed by atoms with Crippen LogP contribution in [0.25, 0.3) is 0 Å². The van der Waals surface area contributed by atoms with E-state index in [-0.39, 0.29) is 41.9 Å². The zero-order chi connectivity index (χ0) is 19.6. The van der Waals surface area contributed by atoms with E-state index in [4.69, 9.17) is 4.74 Å². The molecule has 0 spiro atoms. The lowest BCUT2D eigenvalue weighted by Crippen LogP contribution is -2.44. The molecule has 1 saturated heterocycles. The number of aryl methyl sites for hydroxylation is 1. The second-order valence-electron chi connectivity index (χ2n) is 7.43. The summed E-state index contributed by atoms with van der Waals surface area (Å²) >= 11 is 0. The average Bonchev–Trinajstić information content (AvgIpc) is 2.68. The van der Waals surface area contributed by atoms with Crippen LogP contribution in [0.2, 0.25) is 0 Å². The van der Waals surface area contributed by atoms with E-state index in [1.54, 1.807) is 7.05 Å². The fourth-order valence-electron chi connectivity index (χ4n) is 3.20. The lowest BCUT2D eigenvalue weighted by Gasteiger charge is -2.32. The van der Waals surface area contributed by atoms with Gasteiger partial charge in [0.1, 0.15) is 0 Å². The molecule has 28 heavy (non-hydrogen) atoms. The first-order valence-electron chi connectivity index (χ1n) is 9.91. The third-order valence-electron chi connectivity index (χ3n) is 4.85. The van der Waals surface area contributed by atoms with Gasteiger partial charge in [0.05, 0.1) is 6.10 Å². The van der Waals surface area contributed by atoms with Crippen molar-refractivity contribution in [2.45, 2.75) is 39.7 Å². The summed E-state index contributed by atoms with van der Waals surface area (Å²) < 4.78 is 6.08. The van der Waals surface area contributed by atoms with Gasteiger partial charge < -0.3 is 20.7 Å². The monoisotopic (exact) mass is 502 g/mol. The van der Waals surface area contributed by atoms with Gasteiger partial charge in [-0.1, -0.05) is 43.7 Å². The van der Waals surface area contributed by atoms with Crippen molar-refractivity contribution in [3.63, 3.8) is 0 Å². The van der Waals surface area contributed by atoms with Crippen molar-refractivity contribution >= 4 is 35.8 Å². The maximum Gasteiger partial charge on any atom is 0.222 e. The number of hydrogen-bond acceptors (Lipinski definition) is 3. The molecular weight excluding hydrogens is 467 g/mol. The van der Waals surface area contributed by atoms with Crippen LogP contribution in [0.1, 0.15) is 43.9 Å². The Kier molecular flexibility index (Phi) is 11.4. The van der Waals surface area contributed by atoms with Crippen molar-refractivity contribution in [2.24, 2.45) is 16.8 Å². The Bertz CT molecular complexity index is 619. The molecule has 1 amide bonds. The first-order valence-corrected chi connectivity index (χ1v) is 9.91. The molecule has 0 bridgehead atoms. The summed E-state index contributed by atoms with van der Waals surface area (Å²) in [6.07, 6.45) is 2.34. The average molecular weight is 502 g/mol. The lowest BCUT2D eigenvalue weighted by molar-refractivity contribution is -0.123. The highest BCUT2D eigenvalue weighted by atomic mass is 127. The minimum atomic E-state index is 0. The Labute approximate surface area is 186 Å². The number of carbonyl (C=O) groups is 1. The van der Waals surface area contributed by atoms with Crippen LogP contribution >= 0.6 is 24.0 Å². The fourth-order valence-corrected chi connectivity index (χ4v) is 3.20. The standard InChI is InChI=1S/C21H34N4O2.HI/c1-15(2)20(26)23-11-12-24-21(22-4)25-14-18-6-5-13-27-19(18)17-9-7-16(3)8-10-17;/h7-10,15,18-19H,5-6,11-14H2,1-4H3,(H,23,26)(H2,22,24,25);1H. The molecule has 1 aromatic rings. The van der Waals surface area contributed by atoms with Gasteiger partial charge in [-0.2, -0.15) is 0 Å². The van der Waals surface area contributed by atoms with Gasteiger partial charge in [0.15, 0.2) is 5.96 Å². The van der Waals surface area contributed by atoms with Gasteiger partial charge >= 0.3 is 0 Å². The van der Waals surface area contributed by atoms with Gasteiger partial charge in [0, 0.05) is 45.1 Å². The van der Waals surface area contributed by atoms with Gasteiger partial charge in [-0.05, 0) is 25.3 Å². The molecule has 6 nitrogen and oxygen atoms in total. The van der Waals surface area contributed by atoms with Crippen LogP contribution in [0.5, 0.6) is 0 Å². The molecule has 1 aromatic carbocycles. The third kappa shape index (κ3) is 7.95. The number of benzene rings is 1. The molecule has 3 N–H and O–H groups in total. The molecule has 1 heterocycles. The van der Waals surface area contributed by atoms with Crippen molar-refractivity contribution in [3.8, 4) is 0 Å². The van der Waals surface area contributed by atoms with Crippen LogP contribution in [-0.2, 0) is 9.53 Å². The molecule has 1 aliphatic heterocycles. The van der Waals surface area contributed by atoms with Crippen molar-refractivity contribution < 1.29 is 9.53 Å². The summed E-state index contributed by atoms with van der Waals surface area (Å²) in [5.41, 5.74) is 2.50. The third-order valence-corrected chi connectivity index (χ3v) is 4.85. The van der Waals surface area contributed by atoms with Crippen LogP contribution in [0.15, 0.2) is 29.3 Å². The van der Waals surface area contributed by atoms with E-state index in [1.165, 1.54) is 11.1 Å². The summed E-state index contributed by atoms with van der Waals surface area (Å²) in [5.74, 6) is 1.23. The van der Waals surface area contributed by atoms with E-state index >= 15 is 0 Å². The number of nitrogens with one attached hydrogen (secondary N) is 3. The van der Waals surface area contributed by atoms with Crippen molar-refractivity contribution in [2.75, 3.05) is 33.3 Å². The van der Waals surface area contributed by atoms with Gasteiger partial charge in [-0.15, -0.1) is 24.0 Å². The predicted octanol–water partition coefficient (Wildman–Crippen LogP) is 3.02. The maximum atomic E-state index is 11.6. The molecule has 158 valence electrons. The summed E-state index contributed by atoms with van der Waals surface area (Å²) in [6.45, 7) is 8.72. The zero-order valence-electron chi connectivity index (χ0n) is 17.5. The molecule has 2 unspecified atom stereocenters. The molecule has 0 saturated carbocycles. The van der Waals surface area contributed by atoms with Gasteiger partial charge in [0.25, 0.3) is 0 Å². The Morgan fingerprint density at radius 3 is 2.50 bits per heavy atom. The Morgan fingerprint density at radius 2 is 1.86 bits per heavy atom. The van der Waals surface area contributed by atoms with Gasteiger partial charge in [-0.3, -0.25) is 9.79 Å². The first-order chi connectivity index (χ1) is 13.0. The SMILES string of the molecule is CN=C(NCCNC(=O)C(C)C)NCC1CCCOC1c1ccc(C)cc1.I. The largest absolute Gasteiger partial charge is 0.373 e. The van der Waals surface area contributed by atoms with E-state index in [0.29, 0.717) is 19.0 Å². The van der Waals surface area contributed by atoms with Crippen LogP contribution in [-0.4, -0.2) is 45.2 Å². The van der Waals surface area contributed by atoms with Gasteiger partial charge in [-0.25, -0.2) is 0 Å². The Hall–Kier alpha value is -1.35. The molecule has 2 atom stereocenters. The maximum absolute atomic E-state index is 11.6. The van der Waals surface area contributed by atoms with E-state index < -0.39 is 0 Å². The fraction of sp³-hybridized carbons (Fsp3) is 0.619. The Balaban J connectivity index is 0.00000392. The number of halogens is 1. The van der Waals surface area contributed by atoms with E-state index in [0.717, 1.165) is 32.0 Å². The van der Waals surface area contributed by atoms with Crippen molar-refractivity contribution in [1.29, 1.82) is 0 Å². The van der Waals surface area contributed by atoms with Crippen LogP contribution in [0.4, 0.5) is 0 Å². The number of ether oxygens (including phenoxy) is 1. The first kappa shape index (κ1) is 24.7. The van der Waals surface area contributed by atoms with E-state index in [9.17, 15) is 4.79 Å². The summed E-state index contributed by atoms with van der Waals surface area (Å²) in [6, 6.07) is 8.62. The number of amides is 1. The number of carbonyl (C=O) groups excluding carboxylic acids is 1. The number of aliphatic imine (C=N–C) groups is 1. The molecule has 7 heteroatoms. The minimum Gasteiger partial charge on any atom is -0.373 e. The molecule has 1 fully saturated rings. The van der Waals surface area contributed by atoms with E-state index in [2.05, 4.69) is 52.1 Å². The molecule has 2 rings (SSSR count). The summed E-state index contributed by atoms with van der Waals surface area (Å²) in [4.78, 5) is 15.9. The second kappa shape index (κ2) is 13.0.